The number of likely N-dealkylation sites (tertiary alicyclic amines) is 1. The van der Waals surface area contributed by atoms with Gasteiger partial charge in [-0.05, 0) is 76.3 Å². The molecule has 0 radical (unpaired) electrons. The minimum atomic E-state index is -0.983. The first-order chi connectivity index (χ1) is 25.7. The van der Waals surface area contributed by atoms with Crippen molar-refractivity contribution in [2.24, 2.45) is 11.8 Å². The number of esters is 1. The Morgan fingerprint density at radius 1 is 0.925 bits per heavy atom. The first kappa shape index (κ1) is 37.6. The van der Waals surface area contributed by atoms with Crippen molar-refractivity contribution >= 4 is 35.7 Å². The molecule has 2 aliphatic heterocycles. The van der Waals surface area contributed by atoms with Crippen LogP contribution in [0.25, 0.3) is 5.69 Å². The van der Waals surface area contributed by atoms with Gasteiger partial charge in [0.15, 0.2) is 12.3 Å². The average Bonchev–Trinajstić information content (AvgIpc) is 3.50. The molecule has 2 aromatic rings. The summed E-state index contributed by atoms with van der Waals surface area (Å²) in [6.45, 7) is 3.36. The summed E-state index contributed by atoms with van der Waals surface area (Å²) in [5.41, 5.74) is 0.739. The van der Waals surface area contributed by atoms with Crippen molar-refractivity contribution in [3.63, 3.8) is 0 Å². The van der Waals surface area contributed by atoms with Crippen molar-refractivity contribution in [3.8, 4) is 11.6 Å². The lowest BCUT2D eigenvalue weighted by Crippen LogP contribution is -2.53. The van der Waals surface area contributed by atoms with Crippen LogP contribution in [-0.4, -0.2) is 131 Å². The monoisotopic (exact) mass is 735 g/mol. The lowest BCUT2D eigenvalue weighted by atomic mass is 9.93. The number of carbonyl (C=O) groups is 6. The van der Waals surface area contributed by atoms with Crippen LogP contribution in [0.2, 0.25) is 0 Å². The molecule has 1 aromatic carbocycles. The summed E-state index contributed by atoms with van der Waals surface area (Å²) in [7, 11) is 1.25. The van der Waals surface area contributed by atoms with Gasteiger partial charge in [-0.15, -0.1) is 0 Å². The summed E-state index contributed by atoms with van der Waals surface area (Å²) in [6, 6.07) is 10.1. The van der Waals surface area contributed by atoms with Crippen LogP contribution in [0.3, 0.4) is 0 Å². The maximum atomic E-state index is 13.4. The van der Waals surface area contributed by atoms with Crippen molar-refractivity contribution < 1.29 is 43.0 Å². The van der Waals surface area contributed by atoms with Gasteiger partial charge in [0.1, 0.15) is 12.0 Å². The van der Waals surface area contributed by atoms with Crippen LogP contribution in [0, 0.1) is 11.8 Å². The van der Waals surface area contributed by atoms with Crippen LogP contribution in [0.4, 0.5) is 4.79 Å². The maximum absolute atomic E-state index is 13.4. The normalized spacial score (nSPS) is 21.6. The largest absolute Gasteiger partial charge is 0.468 e. The average molecular weight is 736 g/mol. The number of benzene rings is 1. The number of nitrogens with zero attached hydrogens (tertiary/aromatic N) is 5. The maximum Gasteiger partial charge on any atom is 0.409 e. The van der Waals surface area contributed by atoms with E-state index >= 15 is 0 Å². The van der Waals surface area contributed by atoms with Crippen molar-refractivity contribution in [2.75, 3.05) is 53.0 Å². The standard InChI is InChI=1S/C37H49N7O9/c1-3-52-37(50)42-19-17-41(18-20-42)35(48)27(36(49)51-2)15-14-24-21-28(24)39-33(46)29-22-32(44(40-29)26-11-5-4-6-12-26)53-23-31(45)43-16-8-13-30(43)34(47)38-25-9-7-10-25/h4-6,11-12,22,24-25,27-28,30H,3,7-10,13-21,23H2,1-2H3,(H,38,47)(H,39,46). The Hall–Kier alpha value is -5.15. The third kappa shape index (κ3) is 9.08. The number of carbonyl (C=O) groups excluding carboxylic acids is 6. The second-order valence-corrected chi connectivity index (χ2v) is 14.0. The quantitative estimate of drug-likeness (QED) is 0.215. The van der Waals surface area contributed by atoms with E-state index in [-0.39, 0.29) is 66.9 Å². The highest BCUT2D eigenvalue weighted by Gasteiger charge is 2.42. The zero-order valence-electron chi connectivity index (χ0n) is 30.4. The van der Waals surface area contributed by atoms with Gasteiger partial charge in [-0.25, -0.2) is 9.48 Å². The number of aromatic nitrogens is 2. The molecule has 2 aliphatic carbocycles. The molecule has 4 aliphatic rings. The number of amides is 5. The second-order valence-electron chi connectivity index (χ2n) is 14.0. The Morgan fingerprint density at radius 3 is 2.34 bits per heavy atom. The van der Waals surface area contributed by atoms with E-state index in [9.17, 15) is 28.8 Å². The third-order valence-electron chi connectivity index (χ3n) is 10.5. The van der Waals surface area contributed by atoms with E-state index in [0.717, 1.165) is 25.7 Å². The summed E-state index contributed by atoms with van der Waals surface area (Å²) < 4.78 is 17.4. The molecule has 16 nitrogen and oxygen atoms in total. The van der Waals surface area contributed by atoms with Gasteiger partial charge in [0.2, 0.25) is 17.7 Å². The number of hydrogen-bond donors (Lipinski definition) is 2. The molecule has 2 saturated heterocycles. The molecule has 0 spiro atoms. The third-order valence-corrected chi connectivity index (χ3v) is 10.5. The molecule has 2 N–H and O–H groups in total. The second kappa shape index (κ2) is 17.1. The van der Waals surface area contributed by atoms with Crippen molar-refractivity contribution in [3.05, 3.63) is 42.1 Å². The minimum absolute atomic E-state index is 0.0546. The summed E-state index contributed by atoms with van der Waals surface area (Å²) in [6.07, 6.45) is 5.40. The molecule has 0 bridgehead atoms. The highest BCUT2D eigenvalue weighted by Crippen LogP contribution is 2.37. The molecule has 4 unspecified atom stereocenters. The van der Waals surface area contributed by atoms with E-state index in [4.69, 9.17) is 14.2 Å². The topological polar surface area (TPSA) is 182 Å². The van der Waals surface area contributed by atoms with Gasteiger partial charge in [0, 0.05) is 50.9 Å². The fourth-order valence-electron chi connectivity index (χ4n) is 7.13. The molecule has 4 atom stereocenters. The highest BCUT2D eigenvalue weighted by atomic mass is 16.6. The fraction of sp³-hybridized carbons (Fsp3) is 0.595. The number of rotatable bonds is 14. The van der Waals surface area contributed by atoms with E-state index < -0.39 is 29.9 Å². The van der Waals surface area contributed by atoms with Crippen LogP contribution in [0.1, 0.15) is 68.8 Å². The molecular formula is C37H49N7O9. The lowest BCUT2D eigenvalue weighted by molar-refractivity contribution is -0.155. The Labute approximate surface area is 308 Å². The van der Waals surface area contributed by atoms with Gasteiger partial charge < -0.3 is 39.5 Å². The van der Waals surface area contributed by atoms with Crippen LogP contribution in [-0.2, 0) is 28.7 Å². The number of hydrogen-bond acceptors (Lipinski definition) is 10. The molecule has 4 fully saturated rings. The fourth-order valence-corrected chi connectivity index (χ4v) is 7.13. The van der Waals surface area contributed by atoms with Gasteiger partial charge in [0.25, 0.3) is 11.8 Å². The Bertz CT molecular complexity index is 1650. The first-order valence-electron chi connectivity index (χ1n) is 18.6. The van der Waals surface area contributed by atoms with Crippen LogP contribution < -0.4 is 15.4 Å². The summed E-state index contributed by atoms with van der Waals surface area (Å²) >= 11 is 0. The predicted molar refractivity (Wildman–Crippen MR) is 189 cm³/mol. The van der Waals surface area contributed by atoms with Crippen LogP contribution >= 0.6 is 0 Å². The molecule has 5 amide bonds. The van der Waals surface area contributed by atoms with Crippen molar-refractivity contribution in [1.82, 2.24) is 35.1 Å². The molecule has 3 heterocycles. The van der Waals surface area contributed by atoms with Gasteiger partial charge in [0.05, 0.1) is 19.4 Å². The van der Waals surface area contributed by atoms with Crippen molar-refractivity contribution in [1.29, 1.82) is 0 Å². The highest BCUT2D eigenvalue weighted by molar-refractivity contribution is 5.98. The number of piperazine rings is 1. The van der Waals surface area contributed by atoms with E-state index in [1.165, 1.54) is 22.8 Å². The summed E-state index contributed by atoms with van der Waals surface area (Å²) in [4.78, 5) is 82.3. The van der Waals surface area contributed by atoms with Crippen LogP contribution in [0.5, 0.6) is 5.88 Å². The number of ether oxygens (including phenoxy) is 3. The molecule has 53 heavy (non-hydrogen) atoms. The molecule has 16 heteroatoms. The first-order valence-corrected chi connectivity index (χ1v) is 18.6. The van der Waals surface area contributed by atoms with E-state index in [2.05, 4.69) is 15.7 Å². The molecule has 286 valence electrons. The van der Waals surface area contributed by atoms with E-state index in [1.54, 1.807) is 28.9 Å². The van der Waals surface area contributed by atoms with Gasteiger partial charge in [-0.3, -0.25) is 24.0 Å². The number of methoxy groups -OCH3 is 1. The molecular weight excluding hydrogens is 686 g/mol. The summed E-state index contributed by atoms with van der Waals surface area (Å²) in [5, 5.41) is 10.6. The zero-order chi connectivity index (χ0) is 37.5. The zero-order valence-corrected chi connectivity index (χ0v) is 30.4. The number of nitrogens with one attached hydrogen (secondary N) is 2. The Balaban J connectivity index is 1.03. The van der Waals surface area contributed by atoms with Crippen molar-refractivity contribution in [2.45, 2.75) is 76.4 Å². The van der Waals surface area contributed by atoms with Gasteiger partial charge in [-0.2, -0.15) is 5.10 Å². The van der Waals surface area contributed by atoms with Gasteiger partial charge in [-0.1, -0.05) is 18.2 Å². The minimum Gasteiger partial charge on any atom is -0.468 e. The van der Waals surface area contributed by atoms with Gasteiger partial charge >= 0.3 is 12.1 Å². The predicted octanol–water partition coefficient (Wildman–Crippen LogP) is 1.90. The molecule has 6 rings (SSSR count). The van der Waals surface area contributed by atoms with Crippen LogP contribution in [0.15, 0.2) is 36.4 Å². The molecule has 2 saturated carbocycles. The SMILES string of the molecule is CCOC(=O)N1CCN(C(=O)C(CCC2CC2NC(=O)c2cc(OCC(=O)N3CCCC3C(=O)NC3CCC3)n(-c3ccccc3)n2)C(=O)OC)CC1. The smallest absolute Gasteiger partial charge is 0.409 e. The lowest BCUT2D eigenvalue weighted by Gasteiger charge is -2.35. The number of para-hydroxylation sites is 1. The van der Waals surface area contributed by atoms with E-state index in [1.807, 2.05) is 18.2 Å². The Morgan fingerprint density at radius 2 is 1.66 bits per heavy atom. The molecule has 1 aromatic heterocycles. The Kier molecular flexibility index (Phi) is 12.1. The van der Waals surface area contributed by atoms with E-state index in [0.29, 0.717) is 57.7 Å². The summed E-state index contributed by atoms with van der Waals surface area (Å²) in [5.74, 6) is -2.52.